The quantitative estimate of drug-likeness (QED) is 0.523. The molecule has 0 saturated heterocycles. The van der Waals surface area contributed by atoms with Crippen molar-refractivity contribution in [3.63, 3.8) is 0 Å². The van der Waals surface area contributed by atoms with Crippen molar-refractivity contribution in [2.24, 2.45) is 0 Å². The predicted octanol–water partition coefficient (Wildman–Crippen LogP) is 3.64. The van der Waals surface area contributed by atoms with Crippen molar-refractivity contribution in [1.82, 2.24) is 9.62 Å². The van der Waals surface area contributed by atoms with Gasteiger partial charge in [0.2, 0.25) is 15.9 Å². The van der Waals surface area contributed by atoms with Crippen molar-refractivity contribution in [1.29, 1.82) is 0 Å². The highest BCUT2D eigenvalue weighted by Gasteiger charge is 2.27. The van der Waals surface area contributed by atoms with Crippen molar-refractivity contribution in [3.8, 4) is 17.2 Å². The maximum atomic E-state index is 13.0. The Morgan fingerprint density at radius 1 is 1.06 bits per heavy atom. The van der Waals surface area contributed by atoms with Gasteiger partial charge in [0, 0.05) is 6.54 Å². The van der Waals surface area contributed by atoms with Crippen molar-refractivity contribution in [3.05, 3.63) is 47.0 Å². The molecule has 10 heteroatoms. The first-order valence-corrected chi connectivity index (χ1v) is 11.9. The van der Waals surface area contributed by atoms with E-state index in [1.54, 1.807) is 40.0 Å². The van der Waals surface area contributed by atoms with Gasteiger partial charge >= 0.3 is 0 Å². The minimum Gasteiger partial charge on any atom is -0.493 e. The van der Waals surface area contributed by atoms with E-state index in [2.05, 4.69) is 5.32 Å². The van der Waals surface area contributed by atoms with Gasteiger partial charge < -0.3 is 19.5 Å². The van der Waals surface area contributed by atoms with E-state index in [4.69, 9.17) is 25.8 Å². The highest BCUT2D eigenvalue weighted by atomic mass is 35.5. The number of nitrogens with one attached hydrogen (secondary N) is 1. The zero-order valence-corrected chi connectivity index (χ0v) is 20.4. The van der Waals surface area contributed by atoms with Gasteiger partial charge in [-0.05, 0) is 49.7 Å². The zero-order chi connectivity index (χ0) is 23.9. The fourth-order valence-electron chi connectivity index (χ4n) is 3.08. The van der Waals surface area contributed by atoms with Crippen LogP contribution in [0.25, 0.3) is 0 Å². The second kappa shape index (κ2) is 11.4. The van der Waals surface area contributed by atoms with Crippen LogP contribution >= 0.6 is 11.6 Å². The number of hydrogen-bond donors (Lipinski definition) is 1. The summed E-state index contributed by atoms with van der Waals surface area (Å²) in [6.07, 6.45) is 0. The molecule has 0 unspecified atom stereocenters. The lowest BCUT2D eigenvalue weighted by Gasteiger charge is -2.22. The molecule has 0 aliphatic rings. The van der Waals surface area contributed by atoms with E-state index in [0.29, 0.717) is 23.9 Å². The van der Waals surface area contributed by atoms with Crippen molar-refractivity contribution >= 4 is 27.5 Å². The standard InChI is InChI=1S/C22H29ClN2O6S/c1-6-25(32(27,28)17-9-11-19(31-7-2)18(23)13-17)14-22(26)24-15(3)16-8-10-20(29-4)21(12-16)30-5/h8-13,15H,6-7,14H2,1-5H3,(H,24,26)/t15-/m0/s1. The summed E-state index contributed by atoms with van der Waals surface area (Å²) >= 11 is 6.14. The van der Waals surface area contributed by atoms with Crippen LogP contribution in [0.5, 0.6) is 17.2 Å². The molecule has 8 nitrogen and oxygen atoms in total. The first-order chi connectivity index (χ1) is 15.2. The third kappa shape index (κ3) is 6.05. The molecule has 1 atom stereocenters. The smallest absolute Gasteiger partial charge is 0.243 e. The van der Waals surface area contributed by atoms with Gasteiger partial charge in [-0.15, -0.1) is 0 Å². The molecule has 0 saturated carbocycles. The average molecular weight is 485 g/mol. The molecule has 0 fully saturated rings. The van der Waals surface area contributed by atoms with Gasteiger partial charge in [0.25, 0.3) is 0 Å². The molecule has 0 bridgehead atoms. The van der Waals surface area contributed by atoms with Crippen LogP contribution in [0.15, 0.2) is 41.3 Å². The number of nitrogens with zero attached hydrogens (tertiary/aromatic N) is 1. The SMILES string of the molecule is CCOc1ccc(S(=O)(=O)N(CC)CC(=O)N[C@@H](C)c2ccc(OC)c(OC)c2)cc1Cl. The molecular formula is C22H29ClN2O6S. The van der Waals surface area contributed by atoms with Gasteiger partial charge in [-0.1, -0.05) is 24.6 Å². The number of halogens is 1. The molecule has 0 aliphatic carbocycles. The number of carbonyl (C=O) groups excluding carboxylic acids is 1. The molecule has 1 amide bonds. The highest BCUT2D eigenvalue weighted by molar-refractivity contribution is 7.89. The molecule has 176 valence electrons. The number of methoxy groups -OCH3 is 2. The van der Waals surface area contributed by atoms with E-state index in [0.717, 1.165) is 9.87 Å². The lowest BCUT2D eigenvalue weighted by molar-refractivity contribution is -0.121. The van der Waals surface area contributed by atoms with E-state index in [-0.39, 0.29) is 29.0 Å². The topological polar surface area (TPSA) is 94.2 Å². The Labute approximate surface area is 194 Å². The molecule has 1 N–H and O–H groups in total. The van der Waals surface area contributed by atoms with Crippen LogP contribution in [0.1, 0.15) is 32.4 Å². The predicted molar refractivity (Wildman–Crippen MR) is 123 cm³/mol. The molecule has 0 heterocycles. The number of likely N-dealkylation sites (N-methyl/N-ethyl adjacent to an activating group) is 1. The summed E-state index contributed by atoms with van der Waals surface area (Å²) in [6.45, 7) is 5.47. The fraction of sp³-hybridized carbons (Fsp3) is 0.409. The number of carbonyl (C=O) groups is 1. The number of rotatable bonds is 11. The number of benzene rings is 2. The Morgan fingerprint density at radius 2 is 1.72 bits per heavy atom. The molecule has 2 aromatic carbocycles. The molecule has 0 spiro atoms. The first kappa shape index (κ1) is 25.8. The van der Waals surface area contributed by atoms with E-state index in [9.17, 15) is 13.2 Å². The summed E-state index contributed by atoms with van der Waals surface area (Å²) in [5.74, 6) is 1.08. The minimum absolute atomic E-state index is 0.00598. The molecule has 0 aromatic heterocycles. The molecule has 0 aliphatic heterocycles. The maximum absolute atomic E-state index is 13.0. The molecular weight excluding hydrogens is 456 g/mol. The molecule has 2 rings (SSSR count). The van der Waals surface area contributed by atoms with Gasteiger partial charge in [0.1, 0.15) is 5.75 Å². The van der Waals surface area contributed by atoms with Crippen LogP contribution in [-0.4, -0.2) is 52.5 Å². The van der Waals surface area contributed by atoms with Crippen LogP contribution in [0.3, 0.4) is 0 Å². The lowest BCUT2D eigenvalue weighted by atomic mass is 10.1. The minimum atomic E-state index is -3.92. The Balaban J connectivity index is 2.14. The Bertz CT molecular complexity index is 1040. The van der Waals surface area contributed by atoms with E-state index < -0.39 is 15.9 Å². The Hall–Kier alpha value is -2.49. The van der Waals surface area contributed by atoms with Crippen molar-refractivity contribution in [2.45, 2.75) is 31.7 Å². The van der Waals surface area contributed by atoms with Crippen molar-refractivity contribution in [2.75, 3.05) is 33.9 Å². The van der Waals surface area contributed by atoms with Crippen molar-refractivity contribution < 1.29 is 27.4 Å². The highest BCUT2D eigenvalue weighted by Crippen LogP contribution is 2.30. The third-order valence-corrected chi connectivity index (χ3v) is 7.01. The molecule has 32 heavy (non-hydrogen) atoms. The van der Waals surface area contributed by atoms with E-state index >= 15 is 0 Å². The molecule has 0 radical (unpaired) electrons. The summed E-state index contributed by atoms with van der Waals surface area (Å²) in [4.78, 5) is 12.6. The Morgan fingerprint density at radius 3 is 2.28 bits per heavy atom. The second-order valence-corrected chi connectivity index (χ2v) is 9.21. The fourth-order valence-corrected chi connectivity index (χ4v) is 4.82. The van der Waals surface area contributed by atoms with Gasteiger partial charge in [-0.3, -0.25) is 4.79 Å². The van der Waals surface area contributed by atoms with Crippen LogP contribution in [0.4, 0.5) is 0 Å². The first-order valence-electron chi connectivity index (χ1n) is 10.1. The lowest BCUT2D eigenvalue weighted by Crippen LogP contribution is -2.41. The normalized spacial score (nSPS) is 12.3. The van der Waals surface area contributed by atoms with Crippen LogP contribution in [0, 0.1) is 0 Å². The van der Waals surface area contributed by atoms with E-state index in [1.165, 1.54) is 25.3 Å². The van der Waals surface area contributed by atoms with Gasteiger partial charge in [-0.2, -0.15) is 4.31 Å². The van der Waals surface area contributed by atoms with Crippen LogP contribution in [0.2, 0.25) is 5.02 Å². The summed E-state index contributed by atoms with van der Waals surface area (Å²) in [6, 6.07) is 9.20. The van der Waals surface area contributed by atoms with E-state index in [1.807, 2.05) is 6.07 Å². The summed E-state index contributed by atoms with van der Waals surface area (Å²) in [7, 11) is -0.853. The third-order valence-electron chi connectivity index (χ3n) is 4.80. The summed E-state index contributed by atoms with van der Waals surface area (Å²) < 4.78 is 43.1. The second-order valence-electron chi connectivity index (χ2n) is 6.86. The van der Waals surface area contributed by atoms with Gasteiger partial charge in [0.05, 0.1) is 43.3 Å². The number of ether oxygens (including phenoxy) is 3. The number of sulfonamides is 1. The zero-order valence-electron chi connectivity index (χ0n) is 18.8. The summed E-state index contributed by atoms with van der Waals surface area (Å²) in [5, 5.41) is 3.01. The summed E-state index contributed by atoms with van der Waals surface area (Å²) in [5.41, 5.74) is 0.792. The average Bonchev–Trinajstić information content (AvgIpc) is 2.78. The number of amides is 1. The number of hydrogen-bond acceptors (Lipinski definition) is 6. The monoisotopic (exact) mass is 484 g/mol. The van der Waals surface area contributed by atoms with Gasteiger partial charge in [0.15, 0.2) is 11.5 Å². The van der Waals surface area contributed by atoms with Gasteiger partial charge in [-0.25, -0.2) is 8.42 Å². The maximum Gasteiger partial charge on any atom is 0.243 e. The largest absolute Gasteiger partial charge is 0.493 e. The molecule has 2 aromatic rings. The van der Waals surface area contributed by atoms with Crippen LogP contribution in [-0.2, 0) is 14.8 Å². The van der Waals surface area contributed by atoms with Crippen LogP contribution < -0.4 is 19.5 Å². The Kier molecular flexibility index (Phi) is 9.18.